The van der Waals surface area contributed by atoms with Crippen molar-refractivity contribution >= 4 is 51.8 Å². The van der Waals surface area contributed by atoms with Crippen LogP contribution in [0.3, 0.4) is 0 Å². The van der Waals surface area contributed by atoms with E-state index in [2.05, 4.69) is 15.0 Å². The molecule has 1 heterocycles. The number of esters is 1. The van der Waals surface area contributed by atoms with Crippen LogP contribution in [0.4, 0.5) is 5.69 Å². The maximum atomic E-state index is 12.5. The summed E-state index contributed by atoms with van der Waals surface area (Å²) in [4.78, 5) is 33.4. The molecule has 0 unspecified atom stereocenters. The van der Waals surface area contributed by atoms with E-state index in [9.17, 15) is 9.59 Å². The predicted molar refractivity (Wildman–Crippen MR) is 127 cm³/mol. The second kappa shape index (κ2) is 9.80. The smallest absolute Gasteiger partial charge is 0.337 e. The zero-order valence-corrected chi connectivity index (χ0v) is 18.6. The molecule has 0 atom stereocenters. The molecule has 32 heavy (non-hydrogen) atoms. The molecule has 0 bridgehead atoms. The van der Waals surface area contributed by atoms with Crippen molar-refractivity contribution in [2.45, 2.75) is 5.03 Å². The number of methoxy groups -OCH3 is 1. The average Bonchev–Trinajstić information content (AvgIpc) is 2.83. The van der Waals surface area contributed by atoms with Gasteiger partial charge in [0.05, 0.1) is 23.9 Å². The minimum atomic E-state index is -0.429. The van der Waals surface area contributed by atoms with Crippen LogP contribution in [0, 0.1) is 0 Å². The Morgan fingerprint density at radius 2 is 1.75 bits per heavy atom. The lowest BCUT2D eigenvalue weighted by atomic mass is 10.2. The lowest BCUT2D eigenvalue weighted by Gasteiger charge is -2.10. The number of carbonyl (C=O) groups is 2. The molecule has 0 saturated heterocycles. The van der Waals surface area contributed by atoms with E-state index in [-0.39, 0.29) is 11.7 Å². The molecule has 0 radical (unpaired) electrons. The maximum Gasteiger partial charge on any atom is 0.337 e. The largest absolute Gasteiger partial charge is 0.465 e. The first-order valence-electron chi connectivity index (χ1n) is 9.67. The topological polar surface area (TPSA) is 81.2 Å². The first-order chi connectivity index (χ1) is 15.5. The molecule has 0 spiro atoms. The minimum absolute atomic E-state index is 0.144. The van der Waals surface area contributed by atoms with Gasteiger partial charge in [-0.25, -0.2) is 14.8 Å². The number of aromatic nitrogens is 2. The summed E-state index contributed by atoms with van der Waals surface area (Å²) in [6, 6.07) is 21.6. The third kappa shape index (κ3) is 5.07. The summed E-state index contributed by atoms with van der Waals surface area (Å²) in [6.45, 7) is 0. The van der Waals surface area contributed by atoms with Crippen LogP contribution in [0.1, 0.15) is 10.4 Å². The van der Waals surface area contributed by atoms with Crippen LogP contribution in [0.25, 0.3) is 22.3 Å². The molecule has 1 aromatic heterocycles. The van der Waals surface area contributed by atoms with Crippen molar-refractivity contribution in [1.29, 1.82) is 0 Å². The van der Waals surface area contributed by atoms with Gasteiger partial charge in [-0.15, -0.1) is 0 Å². The van der Waals surface area contributed by atoms with Crippen molar-refractivity contribution in [1.82, 2.24) is 9.97 Å². The number of anilines is 1. The normalized spacial score (nSPS) is 10.7. The van der Waals surface area contributed by atoms with Gasteiger partial charge in [0, 0.05) is 21.7 Å². The first-order valence-corrected chi connectivity index (χ1v) is 11.0. The van der Waals surface area contributed by atoms with Crippen LogP contribution in [-0.2, 0) is 9.53 Å². The van der Waals surface area contributed by atoms with Crippen LogP contribution in [0.15, 0.2) is 77.8 Å². The van der Waals surface area contributed by atoms with E-state index in [1.807, 2.05) is 36.4 Å². The number of nitrogens with one attached hydrogen (secondary N) is 1. The van der Waals surface area contributed by atoms with Gasteiger partial charge in [0.15, 0.2) is 5.82 Å². The van der Waals surface area contributed by atoms with Crippen molar-refractivity contribution in [3.8, 4) is 11.4 Å². The number of halogens is 1. The molecular weight excluding hydrogens is 446 g/mol. The lowest BCUT2D eigenvalue weighted by molar-refractivity contribution is -0.113. The van der Waals surface area contributed by atoms with Gasteiger partial charge in [-0.1, -0.05) is 53.7 Å². The summed E-state index contributed by atoms with van der Waals surface area (Å²) in [7, 11) is 1.32. The second-order valence-electron chi connectivity index (χ2n) is 6.79. The average molecular weight is 464 g/mol. The number of fused-ring (bicyclic) bond motifs is 1. The van der Waals surface area contributed by atoms with Crippen LogP contribution >= 0.6 is 23.4 Å². The third-order valence-corrected chi connectivity index (χ3v) is 5.81. The van der Waals surface area contributed by atoms with Gasteiger partial charge in [-0.05, 0) is 42.5 Å². The van der Waals surface area contributed by atoms with E-state index in [0.717, 1.165) is 16.5 Å². The first kappa shape index (κ1) is 21.8. The summed E-state index contributed by atoms with van der Waals surface area (Å²) < 4.78 is 4.68. The Kier molecular flexibility index (Phi) is 6.68. The predicted octanol–water partition coefficient (Wildman–Crippen LogP) is 5.47. The lowest BCUT2D eigenvalue weighted by Crippen LogP contribution is -2.14. The van der Waals surface area contributed by atoms with Crippen LogP contribution in [0.5, 0.6) is 0 Å². The van der Waals surface area contributed by atoms with E-state index in [1.165, 1.54) is 18.9 Å². The number of hydrogen-bond acceptors (Lipinski definition) is 6. The van der Waals surface area contributed by atoms with Crippen molar-refractivity contribution in [3.05, 3.63) is 83.4 Å². The number of amides is 1. The fourth-order valence-electron chi connectivity index (χ4n) is 3.04. The molecule has 3 aromatic carbocycles. The van der Waals surface area contributed by atoms with E-state index in [4.69, 9.17) is 16.6 Å². The summed E-state index contributed by atoms with van der Waals surface area (Å²) in [5.74, 6) is 0.102. The van der Waals surface area contributed by atoms with E-state index < -0.39 is 5.97 Å². The Hall–Kier alpha value is -3.42. The number of ether oxygens (including phenoxy) is 1. The van der Waals surface area contributed by atoms with Gasteiger partial charge in [-0.2, -0.15) is 0 Å². The Morgan fingerprint density at radius 1 is 1.00 bits per heavy atom. The molecule has 4 rings (SSSR count). The third-order valence-electron chi connectivity index (χ3n) is 4.58. The number of carbonyl (C=O) groups excluding carboxylic acids is 2. The van der Waals surface area contributed by atoms with E-state index in [0.29, 0.717) is 27.1 Å². The molecule has 6 nitrogen and oxygen atoms in total. The maximum absolute atomic E-state index is 12.5. The molecule has 8 heteroatoms. The summed E-state index contributed by atoms with van der Waals surface area (Å²) >= 11 is 7.50. The Balaban J connectivity index is 1.53. The number of thioether (sulfide) groups is 1. The van der Waals surface area contributed by atoms with E-state index in [1.54, 1.807) is 36.4 Å². The Morgan fingerprint density at radius 3 is 2.47 bits per heavy atom. The molecule has 0 aliphatic rings. The molecule has 0 aliphatic heterocycles. The van der Waals surface area contributed by atoms with Gasteiger partial charge >= 0.3 is 5.97 Å². The molecule has 160 valence electrons. The van der Waals surface area contributed by atoms with Crippen LogP contribution < -0.4 is 5.32 Å². The monoisotopic (exact) mass is 463 g/mol. The molecule has 1 N–H and O–H groups in total. The zero-order valence-electron chi connectivity index (χ0n) is 17.0. The minimum Gasteiger partial charge on any atom is -0.465 e. The summed E-state index contributed by atoms with van der Waals surface area (Å²) in [5, 5.41) is 4.86. The molecule has 0 fully saturated rings. The number of benzene rings is 3. The highest BCUT2D eigenvalue weighted by atomic mass is 35.5. The van der Waals surface area contributed by atoms with Crippen molar-refractivity contribution < 1.29 is 14.3 Å². The van der Waals surface area contributed by atoms with Crippen LogP contribution in [0.2, 0.25) is 5.02 Å². The van der Waals surface area contributed by atoms with Gasteiger partial charge in [0.1, 0.15) is 5.03 Å². The van der Waals surface area contributed by atoms with Gasteiger partial charge < -0.3 is 10.1 Å². The molecule has 0 aliphatic carbocycles. The van der Waals surface area contributed by atoms with Crippen molar-refractivity contribution in [3.63, 3.8) is 0 Å². The SMILES string of the molecule is COC(=O)c1ccc(NC(=O)CSc2nc(-c3ccccc3)nc3ccc(Cl)cc23)cc1. The van der Waals surface area contributed by atoms with Crippen molar-refractivity contribution in [2.75, 3.05) is 18.2 Å². The highest BCUT2D eigenvalue weighted by Gasteiger charge is 2.13. The van der Waals surface area contributed by atoms with Crippen LogP contribution in [-0.4, -0.2) is 34.7 Å². The molecular formula is C24H18ClN3O3S. The molecule has 1 amide bonds. The summed E-state index contributed by atoms with van der Waals surface area (Å²) in [5.41, 5.74) is 2.65. The number of hydrogen-bond donors (Lipinski definition) is 1. The van der Waals surface area contributed by atoms with Gasteiger partial charge in [0.25, 0.3) is 0 Å². The molecule has 4 aromatic rings. The highest BCUT2D eigenvalue weighted by molar-refractivity contribution is 8.00. The number of rotatable bonds is 6. The highest BCUT2D eigenvalue weighted by Crippen LogP contribution is 2.30. The Labute approximate surface area is 194 Å². The molecule has 0 saturated carbocycles. The standard InChI is InChI=1S/C24H18ClN3O3S/c1-31-24(30)16-7-10-18(11-8-16)26-21(29)14-32-23-19-13-17(25)9-12-20(19)27-22(28-23)15-5-3-2-4-6-15/h2-13H,14H2,1H3,(H,26,29). The van der Waals surface area contributed by atoms with E-state index >= 15 is 0 Å². The number of nitrogens with zero attached hydrogens (tertiary/aromatic N) is 2. The Bertz CT molecular complexity index is 1280. The fraction of sp³-hybridized carbons (Fsp3) is 0.0833. The van der Waals surface area contributed by atoms with Gasteiger partial charge in [-0.3, -0.25) is 4.79 Å². The van der Waals surface area contributed by atoms with Gasteiger partial charge in [0.2, 0.25) is 5.91 Å². The fourth-order valence-corrected chi connectivity index (χ4v) is 4.02. The van der Waals surface area contributed by atoms with Crippen molar-refractivity contribution in [2.24, 2.45) is 0 Å². The quantitative estimate of drug-likeness (QED) is 0.232. The second-order valence-corrected chi connectivity index (χ2v) is 8.19. The zero-order chi connectivity index (χ0) is 22.5. The summed E-state index contributed by atoms with van der Waals surface area (Å²) in [6.07, 6.45) is 0.